The molecule has 2 saturated heterocycles. The van der Waals surface area contributed by atoms with Crippen LogP contribution in [0.25, 0.3) is 0 Å². The fourth-order valence-corrected chi connectivity index (χ4v) is 3.18. The van der Waals surface area contributed by atoms with E-state index in [0.29, 0.717) is 6.42 Å². The Morgan fingerprint density at radius 3 is 2.75 bits per heavy atom. The van der Waals surface area contributed by atoms with Gasteiger partial charge in [-0.1, -0.05) is 18.7 Å². The summed E-state index contributed by atoms with van der Waals surface area (Å²) in [7, 11) is 1.67. The molecule has 1 amide bonds. The van der Waals surface area contributed by atoms with Crippen LogP contribution in [0.3, 0.4) is 0 Å². The van der Waals surface area contributed by atoms with Crippen LogP contribution in [0.1, 0.15) is 18.4 Å². The molecule has 0 unspecified atom stereocenters. The standard InChI is InChI=1S/C16H20N2O2/c1-12-16(7-8-17-15(19)9-16)11-18(12)10-13-3-5-14(20-2)6-4-13/h3-6H,1,7-11H2,2H3,(H,17,19)/t16-/m0/s1. The van der Waals surface area contributed by atoms with Crippen LogP contribution in [0.15, 0.2) is 36.5 Å². The van der Waals surface area contributed by atoms with Gasteiger partial charge in [0.15, 0.2) is 0 Å². The molecule has 3 rings (SSSR count). The Bertz CT molecular complexity index is 538. The number of ether oxygens (including phenoxy) is 1. The monoisotopic (exact) mass is 272 g/mol. The van der Waals surface area contributed by atoms with E-state index in [1.54, 1.807) is 7.11 Å². The molecule has 4 nitrogen and oxygen atoms in total. The summed E-state index contributed by atoms with van der Waals surface area (Å²) >= 11 is 0. The second-order valence-electron chi connectivity index (χ2n) is 5.71. The number of hydrogen-bond donors (Lipinski definition) is 1. The maximum absolute atomic E-state index is 11.6. The molecule has 1 atom stereocenters. The molecule has 0 aromatic heterocycles. The van der Waals surface area contributed by atoms with Gasteiger partial charge in [-0.2, -0.15) is 0 Å². The number of amides is 1. The fraction of sp³-hybridized carbons (Fsp3) is 0.438. The van der Waals surface area contributed by atoms with Gasteiger partial charge in [-0.15, -0.1) is 0 Å². The third kappa shape index (κ3) is 2.15. The van der Waals surface area contributed by atoms with E-state index < -0.39 is 0 Å². The Labute approximate surface area is 119 Å². The van der Waals surface area contributed by atoms with Crippen molar-refractivity contribution in [2.24, 2.45) is 5.41 Å². The first kappa shape index (κ1) is 13.0. The van der Waals surface area contributed by atoms with Crippen LogP contribution < -0.4 is 10.1 Å². The molecule has 1 spiro atoms. The van der Waals surface area contributed by atoms with Gasteiger partial charge in [0.2, 0.25) is 5.91 Å². The van der Waals surface area contributed by atoms with Crippen molar-refractivity contribution in [3.8, 4) is 5.75 Å². The van der Waals surface area contributed by atoms with E-state index in [0.717, 1.165) is 37.5 Å². The van der Waals surface area contributed by atoms with Crippen molar-refractivity contribution >= 4 is 5.91 Å². The minimum Gasteiger partial charge on any atom is -0.497 e. The highest BCUT2D eigenvalue weighted by atomic mass is 16.5. The zero-order valence-electron chi connectivity index (χ0n) is 11.8. The van der Waals surface area contributed by atoms with Crippen molar-refractivity contribution in [2.75, 3.05) is 20.2 Å². The largest absolute Gasteiger partial charge is 0.497 e. The quantitative estimate of drug-likeness (QED) is 0.914. The molecule has 0 saturated carbocycles. The van der Waals surface area contributed by atoms with E-state index in [-0.39, 0.29) is 11.3 Å². The zero-order valence-corrected chi connectivity index (χ0v) is 11.8. The van der Waals surface area contributed by atoms with Gasteiger partial charge >= 0.3 is 0 Å². The first-order valence-corrected chi connectivity index (χ1v) is 6.97. The lowest BCUT2D eigenvalue weighted by molar-refractivity contribution is -0.128. The average Bonchev–Trinajstić information content (AvgIpc) is 2.47. The number of rotatable bonds is 3. The van der Waals surface area contributed by atoms with Gasteiger partial charge in [0.25, 0.3) is 0 Å². The molecule has 2 fully saturated rings. The Morgan fingerprint density at radius 1 is 1.40 bits per heavy atom. The number of nitrogens with one attached hydrogen (secondary N) is 1. The zero-order chi connectivity index (χ0) is 14.2. The Balaban J connectivity index is 1.63. The van der Waals surface area contributed by atoms with Gasteiger partial charge in [-0.25, -0.2) is 0 Å². The second kappa shape index (κ2) is 4.85. The third-order valence-electron chi connectivity index (χ3n) is 4.44. The van der Waals surface area contributed by atoms with Crippen molar-refractivity contribution in [3.05, 3.63) is 42.1 Å². The molecule has 20 heavy (non-hydrogen) atoms. The number of carbonyl (C=O) groups excluding carboxylic acids is 1. The fourth-order valence-electron chi connectivity index (χ4n) is 3.18. The van der Waals surface area contributed by atoms with Crippen molar-refractivity contribution in [2.45, 2.75) is 19.4 Å². The summed E-state index contributed by atoms with van der Waals surface area (Å²) < 4.78 is 5.16. The molecule has 0 radical (unpaired) electrons. The van der Waals surface area contributed by atoms with Crippen molar-refractivity contribution in [1.29, 1.82) is 0 Å². The summed E-state index contributed by atoms with van der Waals surface area (Å²) in [6.07, 6.45) is 1.60. The van der Waals surface area contributed by atoms with E-state index in [4.69, 9.17) is 4.74 Å². The van der Waals surface area contributed by atoms with Crippen LogP contribution >= 0.6 is 0 Å². The number of nitrogens with zero attached hydrogens (tertiary/aromatic N) is 1. The van der Waals surface area contributed by atoms with E-state index in [9.17, 15) is 4.79 Å². The summed E-state index contributed by atoms with van der Waals surface area (Å²) in [4.78, 5) is 13.8. The van der Waals surface area contributed by atoms with Crippen LogP contribution in [-0.2, 0) is 11.3 Å². The first-order valence-electron chi connectivity index (χ1n) is 6.97. The van der Waals surface area contributed by atoms with E-state index in [2.05, 4.69) is 28.9 Å². The van der Waals surface area contributed by atoms with Crippen LogP contribution in [0.2, 0.25) is 0 Å². The Hall–Kier alpha value is -1.97. The molecule has 1 aromatic rings. The predicted octanol–water partition coefficient (Wildman–Crippen LogP) is 1.92. The summed E-state index contributed by atoms with van der Waals surface area (Å²) in [5.41, 5.74) is 2.37. The highest BCUT2D eigenvalue weighted by molar-refractivity contribution is 5.78. The van der Waals surface area contributed by atoms with Crippen molar-refractivity contribution in [3.63, 3.8) is 0 Å². The second-order valence-corrected chi connectivity index (χ2v) is 5.71. The lowest BCUT2D eigenvalue weighted by Crippen LogP contribution is -2.58. The molecular weight excluding hydrogens is 252 g/mol. The number of methoxy groups -OCH3 is 1. The summed E-state index contributed by atoms with van der Waals surface area (Å²) in [6.45, 7) is 6.77. The molecule has 2 aliphatic rings. The van der Waals surface area contributed by atoms with Gasteiger partial charge in [0.1, 0.15) is 5.75 Å². The molecule has 2 aliphatic heterocycles. The molecule has 0 aliphatic carbocycles. The molecule has 2 heterocycles. The maximum atomic E-state index is 11.6. The Morgan fingerprint density at radius 2 is 2.15 bits per heavy atom. The van der Waals surface area contributed by atoms with E-state index >= 15 is 0 Å². The molecule has 4 heteroatoms. The average molecular weight is 272 g/mol. The highest BCUT2D eigenvalue weighted by Gasteiger charge is 2.48. The minimum atomic E-state index is 0.0226. The smallest absolute Gasteiger partial charge is 0.221 e. The minimum absolute atomic E-state index is 0.0226. The molecule has 0 bridgehead atoms. The SMILES string of the molecule is C=C1N(Cc2ccc(OC)cc2)C[C@@]12CCNC(=O)C2. The van der Waals surface area contributed by atoms with E-state index in [1.807, 2.05) is 12.1 Å². The van der Waals surface area contributed by atoms with Gasteiger partial charge in [0, 0.05) is 37.2 Å². The number of carbonyl (C=O) groups is 1. The summed E-state index contributed by atoms with van der Waals surface area (Å²) in [5, 5.41) is 2.89. The third-order valence-corrected chi connectivity index (χ3v) is 4.44. The van der Waals surface area contributed by atoms with Crippen LogP contribution in [0, 0.1) is 5.41 Å². The van der Waals surface area contributed by atoms with Crippen LogP contribution in [0.5, 0.6) is 5.75 Å². The first-order chi connectivity index (χ1) is 9.63. The normalized spacial score (nSPS) is 25.4. The maximum Gasteiger partial charge on any atom is 0.221 e. The highest BCUT2D eigenvalue weighted by Crippen LogP contribution is 2.47. The number of likely N-dealkylation sites (tertiary alicyclic amines) is 1. The van der Waals surface area contributed by atoms with Crippen molar-refractivity contribution < 1.29 is 9.53 Å². The van der Waals surface area contributed by atoms with Gasteiger partial charge < -0.3 is 15.0 Å². The lowest BCUT2D eigenvalue weighted by atomic mass is 9.69. The van der Waals surface area contributed by atoms with Gasteiger partial charge in [-0.3, -0.25) is 4.79 Å². The van der Waals surface area contributed by atoms with E-state index in [1.165, 1.54) is 5.56 Å². The summed E-state index contributed by atoms with van der Waals surface area (Å²) in [5.74, 6) is 1.03. The molecule has 1 aromatic carbocycles. The Kier molecular flexibility index (Phi) is 3.16. The molecular formula is C16H20N2O2. The van der Waals surface area contributed by atoms with Crippen LogP contribution in [0.4, 0.5) is 0 Å². The molecule has 106 valence electrons. The number of benzene rings is 1. The number of piperidine rings is 1. The predicted molar refractivity (Wildman–Crippen MR) is 77.2 cm³/mol. The van der Waals surface area contributed by atoms with Crippen molar-refractivity contribution in [1.82, 2.24) is 10.2 Å². The van der Waals surface area contributed by atoms with Gasteiger partial charge in [0.05, 0.1) is 7.11 Å². The topological polar surface area (TPSA) is 41.6 Å². The van der Waals surface area contributed by atoms with Gasteiger partial charge in [-0.05, 0) is 24.1 Å². The van der Waals surface area contributed by atoms with Crippen LogP contribution in [-0.4, -0.2) is 31.0 Å². The lowest BCUT2D eigenvalue weighted by Gasteiger charge is -2.55. The number of hydrogen-bond acceptors (Lipinski definition) is 3. The summed E-state index contributed by atoms with van der Waals surface area (Å²) in [6, 6.07) is 8.10. The molecule has 1 N–H and O–H groups in total.